The standard InChI is InChI=1S/2C20H22ClN7O2/c2*1-13-23-26-28(24-13)12-16-11-17(21)8-6-15(16)7-9-19(29)27-10-4-3-5-18(27)20-22-14(2)30-25-20/h2*6-9,11,18H,3-5,10,12H2,1-2H3/b2*9-7+/t2*18-/m10/s1. The first kappa shape index (κ1) is 42.0. The number of nitrogens with zero attached hydrogens (tertiary/aromatic N) is 14. The third-order valence-electron chi connectivity index (χ3n) is 10.0. The molecule has 60 heavy (non-hydrogen) atoms. The van der Waals surface area contributed by atoms with E-state index in [4.69, 9.17) is 32.2 Å². The number of carbonyl (C=O) groups is 2. The van der Waals surface area contributed by atoms with E-state index in [9.17, 15) is 9.59 Å². The summed E-state index contributed by atoms with van der Waals surface area (Å²) >= 11 is 12.3. The maximum atomic E-state index is 13.0. The Morgan fingerprint density at radius 1 is 0.667 bits per heavy atom. The molecule has 6 aromatic rings. The highest BCUT2D eigenvalue weighted by Gasteiger charge is 2.31. The Morgan fingerprint density at radius 3 is 1.47 bits per heavy atom. The van der Waals surface area contributed by atoms with Crippen molar-refractivity contribution in [1.82, 2.24) is 70.5 Å². The molecule has 0 N–H and O–H groups in total. The molecule has 6 heterocycles. The SMILES string of the molecule is Cc1nnn(Cc2cc(Cl)ccc2/C=C/C(=O)N2CCCC[C@@H]2c2noc(C)n2)n1.Cc1nnn(Cc2cc(Cl)ccc2/C=C/C(=O)N2CCCC[C@H]2c2noc(C)n2)n1. The maximum Gasteiger partial charge on any atom is 0.247 e. The predicted octanol–water partition coefficient (Wildman–Crippen LogP) is 6.28. The first-order valence-corrected chi connectivity index (χ1v) is 20.4. The molecule has 0 aliphatic carbocycles. The van der Waals surface area contributed by atoms with E-state index in [0.29, 0.717) is 71.3 Å². The summed E-state index contributed by atoms with van der Waals surface area (Å²) in [5.74, 6) is 3.15. The van der Waals surface area contributed by atoms with Crippen molar-refractivity contribution in [3.05, 3.63) is 116 Å². The van der Waals surface area contributed by atoms with Crippen LogP contribution in [0.1, 0.15) is 108 Å². The lowest BCUT2D eigenvalue weighted by Gasteiger charge is -2.33. The van der Waals surface area contributed by atoms with Gasteiger partial charge >= 0.3 is 0 Å². The minimum Gasteiger partial charge on any atom is -0.340 e. The summed E-state index contributed by atoms with van der Waals surface area (Å²) in [5.41, 5.74) is 3.53. The number of hydrogen-bond acceptors (Lipinski definition) is 14. The summed E-state index contributed by atoms with van der Waals surface area (Å²) in [5, 5.41) is 33.5. The Balaban J connectivity index is 0.000000181. The molecule has 18 nitrogen and oxygen atoms in total. The first-order chi connectivity index (χ1) is 29.0. The van der Waals surface area contributed by atoms with Gasteiger partial charge in [0.15, 0.2) is 23.3 Å². The van der Waals surface area contributed by atoms with Gasteiger partial charge in [0, 0.05) is 49.1 Å². The van der Waals surface area contributed by atoms with Gasteiger partial charge in [0.05, 0.1) is 25.2 Å². The highest BCUT2D eigenvalue weighted by molar-refractivity contribution is 6.31. The fraction of sp³-hybridized carbons (Fsp3) is 0.400. The Labute approximate surface area is 355 Å². The summed E-state index contributed by atoms with van der Waals surface area (Å²) in [4.78, 5) is 41.2. The highest BCUT2D eigenvalue weighted by atomic mass is 35.5. The smallest absolute Gasteiger partial charge is 0.247 e. The zero-order chi connectivity index (χ0) is 42.2. The van der Waals surface area contributed by atoms with E-state index in [1.165, 1.54) is 9.59 Å². The van der Waals surface area contributed by atoms with E-state index in [-0.39, 0.29) is 23.9 Å². The van der Waals surface area contributed by atoms with Crippen LogP contribution in [-0.2, 0) is 22.7 Å². The topological polar surface area (TPSA) is 206 Å². The second-order valence-electron chi connectivity index (χ2n) is 14.5. The molecule has 2 aliphatic rings. The van der Waals surface area contributed by atoms with E-state index in [1.807, 2.05) is 34.1 Å². The van der Waals surface area contributed by atoms with Crippen LogP contribution in [0, 0.1) is 27.7 Å². The van der Waals surface area contributed by atoms with Crippen LogP contribution in [0.5, 0.6) is 0 Å². The quantitative estimate of drug-likeness (QED) is 0.139. The third-order valence-corrected chi connectivity index (χ3v) is 10.5. The van der Waals surface area contributed by atoms with E-state index >= 15 is 0 Å². The van der Waals surface area contributed by atoms with Gasteiger partial charge in [-0.05, 0) is 121 Å². The summed E-state index contributed by atoms with van der Waals surface area (Å²) in [7, 11) is 0. The van der Waals surface area contributed by atoms with Gasteiger partial charge in [0.25, 0.3) is 0 Å². The molecule has 0 unspecified atom stereocenters. The van der Waals surface area contributed by atoms with Crippen molar-refractivity contribution in [2.24, 2.45) is 0 Å². The molecule has 4 aromatic heterocycles. The summed E-state index contributed by atoms with van der Waals surface area (Å²) < 4.78 is 10.2. The molecule has 20 heteroatoms. The van der Waals surface area contributed by atoms with Crippen molar-refractivity contribution < 1.29 is 18.6 Å². The number of piperidine rings is 2. The van der Waals surface area contributed by atoms with Crippen molar-refractivity contribution in [2.75, 3.05) is 13.1 Å². The first-order valence-electron chi connectivity index (χ1n) is 19.6. The third kappa shape index (κ3) is 10.7. The van der Waals surface area contributed by atoms with Crippen molar-refractivity contribution in [3.8, 4) is 0 Å². The largest absolute Gasteiger partial charge is 0.340 e. The molecule has 312 valence electrons. The molecular weight excluding hydrogens is 811 g/mol. The number of halogens is 2. The molecule has 2 aliphatic heterocycles. The van der Waals surface area contributed by atoms with Gasteiger partial charge in [-0.2, -0.15) is 19.6 Å². The molecular formula is C40H44Cl2N14O4. The molecule has 8 rings (SSSR count). The fourth-order valence-corrected chi connectivity index (χ4v) is 7.56. The zero-order valence-corrected chi connectivity index (χ0v) is 35.2. The zero-order valence-electron chi connectivity index (χ0n) is 33.6. The van der Waals surface area contributed by atoms with Gasteiger partial charge in [-0.1, -0.05) is 45.6 Å². The van der Waals surface area contributed by atoms with Crippen LogP contribution in [0.15, 0.2) is 57.6 Å². The maximum absolute atomic E-state index is 13.0. The van der Waals surface area contributed by atoms with E-state index in [2.05, 4.69) is 51.1 Å². The second kappa shape index (κ2) is 19.3. The van der Waals surface area contributed by atoms with Crippen LogP contribution >= 0.6 is 23.2 Å². The molecule has 2 amide bonds. The van der Waals surface area contributed by atoms with Crippen molar-refractivity contribution in [3.63, 3.8) is 0 Å². The average molecular weight is 856 g/mol. The number of tetrazole rings is 2. The van der Waals surface area contributed by atoms with Crippen LogP contribution < -0.4 is 0 Å². The lowest BCUT2D eigenvalue weighted by molar-refractivity contribution is -0.130. The lowest BCUT2D eigenvalue weighted by Crippen LogP contribution is -2.38. The normalized spacial score (nSPS) is 17.0. The van der Waals surface area contributed by atoms with Gasteiger partial charge in [-0.15, -0.1) is 20.4 Å². The monoisotopic (exact) mass is 854 g/mol. The summed E-state index contributed by atoms with van der Waals surface area (Å²) in [6.07, 6.45) is 12.4. The minimum atomic E-state index is -0.166. The number of benzene rings is 2. The van der Waals surface area contributed by atoms with Gasteiger partial charge in [-0.25, -0.2) is 0 Å². The molecule has 2 aromatic carbocycles. The van der Waals surface area contributed by atoms with Crippen LogP contribution in [0.25, 0.3) is 12.2 Å². The van der Waals surface area contributed by atoms with E-state index in [0.717, 1.165) is 60.8 Å². The highest BCUT2D eigenvalue weighted by Crippen LogP contribution is 2.31. The number of likely N-dealkylation sites (tertiary alicyclic amines) is 2. The van der Waals surface area contributed by atoms with E-state index in [1.54, 1.807) is 64.1 Å². The summed E-state index contributed by atoms with van der Waals surface area (Å²) in [6, 6.07) is 10.7. The Bertz CT molecular complexity index is 2320. The Morgan fingerprint density at radius 2 is 1.10 bits per heavy atom. The Kier molecular flexibility index (Phi) is 13.5. The van der Waals surface area contributed by atoms with Crippen molar-refractivity contribution >= 4 is 47.2 Å². The van der Waals surface area contributed by atoms with Crippen molar-refractivity contribution in [2.45, 2.75) is 91.4 Å². The lowest BCUT2D eigenvalue weighted by atomic mass is 10.0. The molecule has 2 saturated heterocycles. The van der Waals surface area contributed by atoms with Gasteiger partial charge in [-0.3, -0.25) is 9.59 Å². The molecule has 2 atom stereocenters. The number of rotatable bonds is 10. The molecule has 0 spiro atoms. The van der Waals surface area contributed by atoms with Crippen molar-refractivity contribution in [1.29, 1.82) is 0 Å². The average Bonchev–Trinajstić information content (AvgIpc) is 4.07. The fourth-order valence-electron chi connectivity index (χ4n) is 7.17. The summed E-state index contributed by atoms with van der Waals surface area (Å²) in [6.45, 7) is 9.20. The Hall–Kier alpha value is -6.14. The van der Waals surface area contributed by atoms with Gasteiger partial charge in [0.2, 0.25) is 23.6 Å². The van der Waals surface area contributed by atoms with Crippen LogP contribution in [0.4, 0.5) is 0 Å². The van der Waals surface area contributed by atoms with Crippen LogP contribution in [0.3, 0.4) is 0 Å². The molecule has 2 fully saturated rings. The molecule has 0 radical (unpaired) electrons. The molecule has 0 saturated carbocycles. The number of amides is 2. The number of carbonyl (C=O) groups excluding carboxylic acids is 2. The predicted molar refractivity (Wildman–Crippen MR) is 219 cm³/mol. The number of aromatic nitrogens is 12. The van der Waals surface area contributed by atoms with Crippen LogP contribution in [-0.4, -0.2) is 95.4 Å². The van der Waals surface area contributed by atoms with E-state index < -0.39 is 0 Å². The van der Waals surface area contributed by atoms with Gasteiger partial charge < -0.3 is 18.8 Å². The number of hydrogen-bond donors (Lipinski definition) is 0. The second-order valence-corrected chi connectivity index (χ2v) is 15.4. The number of aryl methyl sites for hydroxylation is 4. The van der Waals surface area contributed by atoms with Gasteiger partial charge in [0.1, 0.15) is 0 Å². The molecule has 0 bridgehead atoms. The van der Waals surface area contributed by atoms with Crippen LogP contribution in [0.2, 0.25) is 10.0 Å². The minimum absolute atomic E-state index is 0.0854.